The summed E-state index contributed by atoms with van der Waals surface area (Å²) in [6, 6.07) is 4.27. The molecule has 0 saturated carbocycles. The number of carbonyl (C=O) groups is 1. The molecule has 0 atom stereocenters. The quantitative estimate of drug-likeness (QED) is 0.643. The maximum absolute atomic E-state index is 10.9. The Morgan fingerprint density at radius 1 is 1.56 bits per heavy atom. The first kappa shape index (κ1) is 14.4. The molecule has 0 unspecified atom stereocenters. The highest BCUT2D eigenvalue weighted by molar-refractivity contribution is 9.10. The minimum Gasteiger partial charge on any atom is -0.481 e. The molecule has 0 bridgehead atoms. The number of hydrogen-bond donors (Lipinski definition) is 2. The summed E-state index contributed by atoms with van der Waals surface area (Å²) in [5.41, 5.74) is -0.318. The number of hydrogen-bond acceptors (Lipinski definition) is 4. The first-order chi connectivity index (χ1) is 8.24. The zero-order valence-corrected chi connectivity index (χ0v) is 11.5. The highest BCUT2D eigenvalue weighted by Gasteiger charge is 2.27. The van der Waals surface area contributed by atoms with Crippen LogP contribution in [0.2, 0.25) is 0 Å². The predicted octanol–water partition coefficient (Wildman–Crippen LogP) is 2.88. The van der Waals surface area contributed by atoms with Gasteiger partial charge in [-0.2, -0.15) is 0 Å². The summed E-state index contributed by atoms with van der Waals surface area (Å²) in [7, 11) is 0. The number of non-ortho nitro benzene ring substituents is 1. The molecule has 2 N–H and O–H groups in total. The summed E-state index contributed by atoms with van der Waals surface area (Å²) in [6.07, 6.45) is 0. The molecule has 1 rings (SSSR count). The molecule has 0 aliphatic rings. The molecule has 0 fully saturated rings. The molecule has 0 saturated heterocycles. The van der Waals surface area contributed by atoms with Gasteiger partial charge >= 0.3 is 5.97 Å². The summed E-state index contributed by atoms with van der Waals surface area (Å²) >= 11 is 3.21. The number of rotatable bonds is 5. The van der Waals surface area contributed by atoms with Crippen LogP contribution in [0.15, 0.2) is 22.7 Å². The van der Waals surface area contributed by atoms with E-state index in [1.807, 2.05) is 0 Å². The fourth-order valence-corrected chi connectivity index (χ4v) is 1.66. The van der Waals surface area contributed by atoms with Crippen molar-refractivity contribution >= 4 is 33.3 Å². The van der Waals surface area contributed by atoms with Crippen molar-refractivity contribution in [1.29, 1.82) is 0 Å². The van der Waals surface area contributed by atoms with E-state index >= 15 is 0 Å². The molecular weight excluding hydrogens is 304 g/mol. The Labute approximate surface area is 112 Å². The van der Waals surface area contributed by atoms with Gasteiger partial charge < -0.3 is 10.4 Å². The van der Waals surface area contributed by atoms with E-state index in [1.54, 1.807) is 19.9 Å². The number of carboxylic acids is 1. The van der Waals surface area contributed by atoms with E-state index in [-0.39, 0.29) is 12.2 Å². The molecule has 0 aromatic heterocycles. The largest absolute Gasteiger partial charge is 0.481 e. The van der Waals surface area contributed by atoms with Gasteiger partial charge in [0.2, 0.25) is 0 Å². The molecule has 1 aromatic carbocycles. The number of nitro benzene ring substituents is 1. The molecule has 1 aromatic rings. The lowest BCUT2D eigenvalue weighted by atomic mass is 9.94. The number of nitrogens with zero attached hydrogens (tertiary/aromatic N) is 1. The Morgan fingerprint density at radius 3 is 2.61 bits per heavy atom. The van der Waals surface area contributed by atoms with Crippen LogP contribution in [-0.2, 0) is 4.79 Å². The first-order valence-electron chi connectivity index (χ1n) is 5.15. The number of carboxylic acid groups (broad SMARTS) is 1. The molecule has 7 heteroatoms. The fourth-order valence-electron chi connectivity index (χ4n) is 1.15. The third-order valence-electron chi connectivity index (χ3n) is 2.46. The van der Waals surface area contributed by atoms with Crippen LogP contribution in [0.3, 0.4) is 0 Å². The summed E-state index contributed by atoms with van der Waals surface area (Å²) in [5, 5.41) is 22.5. The Balaban J connectivity index is 2.81. The lowest BCUT2D eigenvalue weighted by molar-refractivity contribution is -0.384. The van der Waals surface area contributed by atoms with Crippen LogP contribution in [0.25, 0.3) is 0 Å². The van der Waals surface area contributed by atoms with Gasteiger partial charge in [-0.1, -0.05) is 0 Å². The van der Waals surface area contributed by atoms with Crippen molar-refractivity contribution in [3.63, 3.8) is 0 Å². The Bertz CT molecular complexity index is 488. The molecule has 0 spiro atoms. The average molecular weight is 317 g/mol. The fraction of sp³-hybridized carbons (Fsp3) is 0.364. The molecule has 0 radical (unpaired) electrons. The predicted molar refractivity (Wildman–Crippen MR) is 70.7 cm³/mol. The van der Waals surface area contributed by atoms with E-state index in [0.717, 1.165) is 0 Å². The molecule has 0 amide bonds. The van der Waals surface area contributed by atoms with E-state index in [2.05, 4.69) is 21.2 Å². The number of anilines is 1. The molecule has 6 nitrogen and oxygen atoms in total. The second kappa shape index (κ2) is 5.34. The first-order valence-corrected chi connectivity index (χ1v) is 5.94. The molecule has 18 heavy (non-hydrogen) atoms. The van der Waals surface area contributed by atoms with Crippen molar-refractivity contribution in [2.75, 3.05) is 11.9 Å². The van der Waals surface area contributed by atoms with E-state index in [1.165, 1.54) is 12.1 Å². The highest BCUT2D eigenvalue weighted by atomic mass is 79.9. The number of nitrogens with one attached hydrogen (secondary N) is 1. The van der Waals surface area contributed by atoms with Crippen molar-refractivity contribution in [3.05, 3.63) is 32.8 Å². The Morgan fingerprint density at radius 2 is 2.17 bits per heavy atom. The lowest BCUT2D eigenvalue weighted by Crippen LogP contribution is -2.31. The smallest absolute Gasteiger partial charge is 0.310 e. The summed E-state index contributed by atoms with van der Waals surface area (Å²) in [4.78, 5) is 21.0. The van der Waals surface area contributed by atoms with Crippen LogP contribution in [0, 0.1) is 15.5 Å². The second-order valence-corrected chi connectivity index (χ2v) is 5.32. The monoisotopic (exact) mass is 316 g/mol. The second-order valence-electron chi connectivity index (χ2n) is 4.46. The van der Waals surface area contributed by atoms with Crippen molar-refractivity contribution in [1.82, 2.24) is 0 Å². The van der Waals surface area contributed by atoms with Crippen molar-refractivity contribution < 1.29 is 14.8 Å². The summed E-state index contributed by atoms with van der Waals surface area (Å²) in [6.45, 7) is 3.42. The van der Waals surface area contributed by atoms with Gasteiger partial charge in [-0.15, -0.1) is 0 Å². The van der Waals surface area contributed by atoms with Crippen LogP contribution in [0.1, 0.15) is 13.8 Å². The lowest BCUT2D eigenvalue weighted by Gasteiger charge is -2.20. The van der Waals surface area contributed by atoms with Gasteiger partial charge in [-0.05, 0) is 35.8 Å². The van der Waals surface area contributed by atoms with Gasteiger partial charge in [-0.3, -0.25) is 14.9 Å². The van der Waals surface area contributed by atoms with Gasteiger partial charge in [0, 0.05) is 28.8 Å². The van der Waals surface area contributed by atoms with E-state index in [0.29, 0.717) is 10.2 Å². The van der Waals surface area contributed by atoms with E-state index in [9.17, 15) is 14.9 Å². The van der Waals surface area contributed by atoms with Crippen LogP contribution >= 0.6 is 15.9 Å². The molecule has 0 aliphatic carbocycles. The molecule has 0 heterocycles. The molecule has 0 aliphatic heterocycles. The van der Waals surface area contributed by atoms with E-state index in [4.69, 9.17) is 5.11 Å². The molecular formula is C11H13BrN2O4. The van der Waals surface area contributed by atoms with E-state index < -0.39 is 16.3 Å². The Hall–Kier alpha value is -1.63. The van der Waals surface area contributed by atoms with Gasteiger partial charge in [-0.25, -0.2) is 0 Å². The van der Waals surface area contributed by atoms with Crippen LogP contribution < -0.4 is 5.32 Å². The van der Waals surface area contributed by atoms with Crippen molar-refractivity contribution in [3.8, 4) is 0 Å². The topological polar surface area (TPSA) is 92.5 Å². The number of halogens is 1. The summed E-state index contributed by atoms with van der Waals surface area (Å²) < 4.78 is 0.526. The number of benzene rings is 1. The van der Waals surface area contributed by atoms with Crippen molar-refractivity contribution in [2.45, 2.75) is 13.8 Å². The zero-order valence-electron chi connectivity index (χ0n) is 9.94. The summed E-state index contributed by atoms with van der Waals surface area (Å²) in [5.74, 6) is -0.909. The third-order valence-corrected chi connectivity index (χ3v) is 3.12. The number of aliphatic carboxylic acids is 1. The normalized spacial score (nSPS) is 11.1. The zero-order chi connectivity index (χ0) is 13.9. The number of nitro groups is 1. The average Bonchev–Trinajstić information content (AvgIpc) is 2.26. The maximum atomic E-state index is 10.9. The highest BCUT2D eigenvalue weighted by Crippen LogP contribution is 2.28. The van der Waals surface area contributed by atoms with Gasteiger partial charge in [0.25, 0.3) is 5.69 Å². The Kier molecular flexibility index (Phi) is 4.28. The standard InChI is InChI=1S/C11H13BrN2O4/c1-11(2,10(15)16)6-13-9-4-3-7(14(17)18)5-8(9)12/h3-5,13H,6H2,1-2H3,(H,15,16). The van der Waals surface area contributed by atoms with Gasteiger partial charge in [0.1, 0.15) is 0 Å². The van der Waals surface area contributed by atoms with Crippen LogP contribution in [0.4, 0.5) is 11.4 Å². The minimum atomic E-state index is -0.915. The minimum absolute atomic E-state index is 0.0232. The van der Waals surface area contributed by atoms with Crippen molar-refractivity contribution in [2.24, 2.45) is 5.41 Å². The SMILES string of the molecule is CC(C)(CNc1ccc([N+](=O)[O-])cc1Br)C(=O)O. The van der Waals surface area contributed by atoms with Gasteiger partial charge in [0.05, 0.1) is 10.3 Å². The van der Waals surface area contributed by atoms with Gasteiger partial charge in [0.15, 0.2) is 0 Å². The molecule has 98 valence electrons. The third kappa shape index (κ3) is 3.43. The maximum Gasteiger partial charge on any atom is 0.310 e. The van der Waals surface area contributed by atoms with Crippen LogP contribution in [0.5, 0.6) is 0 Å². The van der Waals surface area contributed by atoms with Crippen LogP contribution in [-0.4, -0.2) is 22.5 Å².